The summed E-state index contributed by atoms with van der Waals surface area (Å²) in [6.07, 6.45) is 0. The first-order valence-corrected chi connectivity index (χ1v) is 5.26. The second-order valence-corrected chi connectivity index (χ2v) is 4.02. The minimum absolute atomic E-state index is 0.121. The van der Waals surface area contributed by atoms with E-state index in [1.807, 2.05) is 24.4 Å². The van der Waals surface area contributed by atoms with Crippen LogP contribution in [0.15, 0.2) is 22.0 Å². The Morgan fingerprint density at radius 2 is 2.50 bits per heavy atom. The lowest BCUT2D eigenvalue weighted by atomic mass is 10.2. The number of nitrogens with zero attached hydrogens (tertiary/aromatic N) is 2. The summed E-state index contributed by atoms with van der Waals surface area (Å²) in [5.74, 6) is 1.38. The number of thiophene rings is 1. The molecule has 2 N–H and O–H groups in total. The SMILES string of the molecule is CC(CN)c1nc(-c2cccs2)no1. The third-order valence-electron chi connectivity index (χ3n) is 1.96. The average molecular weight is 209 g/mol. The van der Waals surface area contributed by atoms with Crippen LogP contribution in [0.2, 0.25) is 0 Å². The molecule has 0 aromatic carbocycles. The number of aromatic nitrogens is 2. The van der Waals surface area contributed by atoms with Crippen molar-refractivity contribution in [1.29, 1.82) is 0 Å². The maximum absolute atomic E-state index is 5.51. The van der Waals surface area contributed by atoms with Crippen molar-refractivity contribution in [3.8, 4) is 10.7 Å². The highest BCUT2D eigenvalue weighted by atomic mass is 32.1. The summed E-state index contributed by atoms with van der Waals surface area (Å²) in [6.45, 7) is 2.48. The molecule has 2 rings (SSSR count). The molecule has 4 nitrogen and oxygen atoms in total. The van der Waals surface area contributed by atoms with Gasteiger partial charge in [0.05, 0.1) is 4.88 Å². The number of hydrogen-bond donors (Lipinski definition) is 1. The van der Waals surface area contributed by atoms with Crippen LogP contribution in [0.3, 0.4) is 0 Å². The lowest BCUT2D eigenvalue weighted by Crippen LogP contribution is -2.08. The van der Waals surface area contributed by atoms with Gasteiger partial charge < -0.3 is 10.3 Å². The van der Waals surface area contributed by atoms with Gasteiger partial charge in [-0.05, 0) is 11.4 Å². The number of rotatable bonds is 3. The summed E-state index contributed by atoms with van der Waals surface area (Å²) in [6, 6.07) is 3.93. The highest BCUT2D eigenvalue weighted by Gasteiger charge is 2.13. The van der Waals surface area contributed by atoms with Gasteiger partial charge in [0, 0.05) is 12.5 Å². The van der Waals surface area contributed by atoms with Gasteiger partial charge in [0.15, 0.2) is 0 Å². The molecule has 14 heavy (non-hydrogen) atoms. The summed E-state index contributed by atoms with van der Waals surface area (Å²) in [5, 5.41) is 5.88. The molecule has 0 saturated heterocycles. The summed E-state index contributed by atoms with van der Waals surface area (Å²) in [5.41, 5.74) is 5.51. The maximum Gasteiger partial charge on any atom is 0.231 e. The van der Waals surface area contributed by atoms with E-state index in [0.29, 0.717) is 18.3 Å². The molecule has 0 saturated carbocycles. The molecule has 0 aliphatic heterocycles. The summed E-state index contributed by atoms with van der Waals surface area (Å²) < 4.78 is 5.11. The van der Waals surface area contributed by atoms with Crippen molar-refractivity contribution in [2.24, 2.45) is 5.73 Å². The third kappa shape index (κ3) is 1.69. The van der Waals surface area contributed by atoms with Gasteiger partial charge in [-0.1, -0.05) is 18.1 Å². The van der Waals surface area contributed by atoms with E-state index in [1.54, 1.807) is 11.3 Å². The quantitative estimate of drug-likeness (QED) is 0.838. The molecule has 2 aromatic rings. The van der Waals surface area contributed by atoms with Gasteiger partial charge in [-0.25, -0.2) is 0 Å². The Hall–Kier alpha value is -1.20. The Balaban J connectivity index is 2.26. The van der Waals surface area contributed by atoms with E-state index in [1.165, 1.54) is 0 Å². The van der Waals surface area contributed by atoms with E-state index < -0.39 is 0 Å². The molecule has 0 radical (unpaired) electrons. The van der Waals surface area contributed by atoms with Crippen molar-refractivity contribution in [2.45, 2.75) is 12.8 Å². The molecule has 0 aliphatic rings. The monoisotopic (exact) mass is 209 g/mol. The molecule has 2 aromatic heterocycles. The fourth-order valence-electron chi connectivity index (χ4n) is 1.04. The Labute approximate surface area is 85.7 Å². The van der Waals surface area contributed by atoms with Gasteiger partial charge in [-0.3, -0.25) is 0 Å². The molecule has 0 bridgehead atoms. The zero-order valence-electron chi connectivity index (χ0n) is 7.80. The number of hydrogen-bond acceptors (Lipinski definition) is 5. The van der Waals surface area contributed by atoms with Crippen LogP contribution in [-0.2, 0) is 0 Å². The molecular formula is C9H11N3OS. The van der Waals surface area contributed by atoms with Crippen molar-refractivity contribution in [2.75, 3.05) is 6.54 Å². The minimum Gasteiger partial charge on any atom is -0.339 e. The normalized spacial score (nSPS) is 13.0. The van der Waals surface area contributed by atoms with Crippen LogP contribution in [0, 0.1) is 0 Å². The van der Waals surface area contributed by atoms with E-state index in [2.05, 4.69) is 10.1 Å². The predicted molar refractivity (Wildman–Crippen MR) is 55.1 cm³/mol. The fraction of sp³-hybridized carbons (Fsp3) is 0.333. The zero-order valence-corrected chi connectivity index (χ0v) is 8.62. The Morgan fingerprint density at radius 1 is 1.64 bits per heavy atom. The van der Waals surface area contributed by atoms with Gasteiger partial charge in [0.25, 0.3) is 0 Å². The van der Waals surface area contributed by atoms with E-state index in [-0.39, 0.29) is 5.92 Å². The van der Waals surface area contributed by atoms with Crippen LogP contribution in [0.4, 0.5) is 0 Å². The predicted octanol–water partition coefficient (Wildman–Crippen LogP) is 1.86. The molecule has 2 heterocycles. The van der Waals surface area contributed by atoms with Crippen LogP contribution in [-0.4, -0.2) is 16.7 Å². The molecule has 1 atom stereocenters. The third-order valence-corrected chi connectivity index (χ3v) is 2.82. The molecule has 1 unspecified atom stereocenters. The van der Waals surface area contributed by atoms with E-state index in [0.717, 1.165) is 4.88 Å². The van der Waals surface area contributed by atoms with Crippen LogP contribution < -0.4 is 5.73 Å². The van der Waals surface area contributed by atoms with E-state index in [4.69, 9.17) is 10.3 Å². The van der Waals surface area contributed by atoms with Gasteiger partial charge in [-0.2, -0.15) is 4.98 Å². The standard InChI is InChI=1S/C9H11N3OS/c1-6(5-10)9-11-8(12-13-9)7-3-2-4-14-7/h2-4,6H,5,10H2,1H3. The Bertz CT molecular complexity index is 396. The maximum atomic E-state index is 5.51. The molecule has 0 spiro atoms. The Morgan fingerprint density at radius 3 is 3.14 bits per heavy atom. The molecule has 0 amide bonds. The molecule has 74 valence electrons. The summed E-state index contributed by atoms with van der Waals surface area (Å²) in [7, 11) is 0. The number of nitrogens with two attached hydrogens (primary N) is 1. The highest BCUT2D eigenvalue weighted by molar-refractivity contribution is 7.13. The second-order valence-electron chi connectivity index (χ2n) is 3.07. The van der Waals surface area contributed by atoms with Gasteiger partial charge in [0.2, 0.25) is 11.7 Å². The average Bonchev–Trinajstić information content (AvgIpc) is 2.86. The molecule has 0 aliphatic carbocycles. The van der Waals surface area contributed by atoms with E-state index >= 15 is 0 Å². The minimum atomic E-state index is 0.121. The molecular weight excluding hydrogens is 198 g/mol. The van der Waals surface area contributed by atoms with Gasteiger partial charge in [0.1, 0.15) is 0 Å². The summed E-state index contributed by atoms with van der Waals surface area (Å²) >= 11 is 1.59. The second kappa shape index (κ2) is 3.89. The van der Waals surface area contributed by atoms with Gasteiger partial charge >= 0.3 is 0 Å². The smallest absolute Gasteiger partial charge is 0.231 e. The summed E-state index contributed by atoms with van der Waals surface area (Å²) in [4.78, 5) is 5.29. The first-order chi connectivity index (χ1) is 6.81. The van der Waals surface area contributed by atoms with Crippen molar-refractivity contribution in [3.05, 3.63) is 23.4 Å². The largest absolute Gasteiger partial charge is 0.339 e. The lowest BCUT2D eigenvalue weighted by Gasteiger charge is -1.98. The van der Waals surface area contributed by atoms with Gasteiger partial charge in [-0.15, -0.1) is 11.3 Å². The van der Waals surface area contributed by atoms with Crippen LogP contribution in [0.5, 0.6) is 0 Å². The molecule has 0 fully saturated rings. The van der Waals surface area contributed by atoms with Crippen LogP contribution in [0.1, 0.15) is 18.7 Å². The van der Waals surface area contributed by atoms with Crippen molar-refractivity contribution in [3.63, 3.8) is 0 Å². The first kappa shape index (κ1) is 9.36. The fourth-order valence-corrected chi connectivity index (χ4v) is 1.69. The topological polar surface area (TPSA) is 64.9 Å². The Kier molecular flexibility index (Phi) is 2.60. The highest BCUT2D eigenvalue weighted by Crippen LogP contribution is 2.23. The van der Waals surface area contributed by atoms with Crippen molar-refractivity contribution < 1.29 is 4.52 Å². The van der Waals surface area contributed by atoms with E-state index in [9.17, 15) is 0 Å². The van der Waals surface area contributed by atoms with Crippen molar-refractivity contribution >= 4 is 11.3 Å². The van der Waals surface area contributed by atoms with Crippen LogP contribution in [0.25, 0.3) is 10.7 Å². The van der Waals surface area contributed by atoms with Crippen LogP contribution >= 0.6 is 11.3 Å². The zero-order chi connectivity index (χ0) is 9.97. The molecule has 5 heteroatoms. The van der Waals surface area contributed by atoms with Crippen molar-refractivity contribution in [1.82, 2.24) is 10.1 Å². The lowest BCUT2D eigenvalue weighted by molar-refractivity contribution is 0.361. The first-order valence-electron chi connectivity index (χ1n) is 4.39.